The van der Waals surface area contributed by atoms with Crippen LogP contribution < -0.4 is 10.8 Å². The second kappa shape index (κ2) is 5.20. The second-order valence-electron chi connectivity index (χ2n) is 3.22. The normalized spacial score (nSPS) is 18.3. The van der Waals surface area contributed by atoms with Crippen LogP contribution in [0.1, 0.15) is 0 Å². The number of nitrogens with one attached hydrogen (secondary N) is 1. The topological polar surface area (TPSA) is 43.4 Å². The first kappa shape index (κ1) is 10.5. The molecule has 6 heteroatoms. The van der Waals surface area contributed by atoms with Gasteiger partial charge in [0.15, 0.2) is 0 Å². The Morgan fingerprint density at radius 3 is 2.73 bits per heavy atom. The molecule has 2 rings (SSSR count). The summed E-state index contributed by atoms with van der Waals surface area (Å²) >= 11 is 0. The number of hydrogen-bond donors (Lipinski definition) is 1. The Labute approximate surface area is 87.9 Å². The number of aromatic nitrogens is 1. The van der Waals surface area contributed by atoms with Gasteiger partial charge in [-0.2, -0.15) is 0 Å². The van der Waals surface area contributed by atoms with Gasteiger partial charge in [-0.25, -0.2) is 4.39 Å². The molecule has 1 N–H and O–H groups in total. The van der Waals surface area contributed by atoms with Gasteiger partial charge in [0.05, 0.1) is 6.20 Å². The molecule has 80 valence electrons. The van der Waals surface area contributed by atoms with Crippen molar-refractivity contribution in [3.8, 4) is 0 Å². The lowest BCUT2D eigenvalue weighted by Crippen LogP contribution is -2.44. The maximum absolute atomic E-state index is 13.4. The van der Waals surface area contributed by atoms with E-state index in [9.17, 15) is 4.39 Å². The van der Waals surface area contributed by atoms with Crippen LogP contribution in [0.5, 0.6) is 0 Å². The zero-order valence-corrected chi connectivity index (χ0v) is 8.28. The fourth-order valence-corrected chi connectivity index (χ4v) is 1.41. The summed E-state index contributed by atoms with van der Waals surface area (Å²) in [6.07, 6.45) is 2.70. The standard InChI is InChI=1S/C9H12BFN2O2/c11-9-7-13-2-1-8(9)10-14-5-3-12-4-6-15-10/h1-2,7,12H,3-6H2. The maximum atomic E-state index is 13.4. The Bertz CT molecular complexity index is 319. The van der Waals surface area contributed by atoms with Gasteiger partial charge in [-0.15, -0.1) is 0 Å². The molecule has 1 aliphatic heterocycles. The summed E-state index contributed by atoms with van der Waals surface area (Å²) in [5.74, 6) is -0.393. The van der Waals surface area contributed by atoms with Gasteiger partial charge in [0.25, 0.3) is 0 Å². The molecule has 4 nitrogen and oxygen atoms in total. The number of rotatable bonds is 1. The Hall–Kier alpha value is -0.975. The fourth-order valence-electron chi connectivity index (χ4n) is 1.41. The van der Waals surface area contributed by atoms with Gasteiger partial charge in [-0.05, 0) is 6.07 Å². The third-order valence-electron chi connectivity index (χ3n) is 2.15. The SMILES string of the molecule is Fc1cnccc1B1OCCNCCO1. The lowest BCUT2D eigenvalue weighted by molar-refractivity contribution is 0.187. The third kappa shape index (κ3) is 2.74. The molecule has 1 aromatic heterocycles. The summed E-state index contributed by atoms with van der Waals surface area (Å²) in [6.45, 7) is 2.53. The number of nitrogens with zero attached hydrogens (tertiary/aromatic N) is 1. The quantitative estimate of drug-likeness (QED) is 0.637. The van der Waals surface area contributed by atoms with Gasteiger partial charge >= 0.3 is 7.12 Å². The van der Waals surface area contributed by atoms with Crippen molar-refractivity contribution >= 4 is 12.6 Å². The van der Waals surface area contributed by atoms with Crippen LogP contribution >= 0.6 is 0 Å². The van der Waals surface area contributed by atoms with Crippen molar-refractivity contribution in [3.05, 3.63) is 24.3 Å². The molecule has 1 aromatic rings. The van der Waals surface area contributed by atoms with E-state index in [0.717, 1.165) is 13.1 Å². The van der Waals surface area contributed by atoms with E-state index >= 15 is 0 Å². The molecule has 0 atom stereocenters. The van der Waals surface area contributed by atoms with E-state index in [1.54, 1.807) is 6.07 Å². The minimum atomic E-state index is -0.616. The Balaban J connectivity index is 2.10. The zero-order chi connectivity index (χ0) is 10.5. The van der Waals surface area contributed by atoms with Gasteiger partial charge in [-0.3, -0.25) is 4.98 Å². The van der Waals surface area contributed by atoms with Crippen molar-refractivity contribution in [2.45, 2.75) is 0 Å². The molecule has 0 unspecified atom stereocenters. The lowest BCUT2D eigenvalue weighted by Gasteiger charge is -2.18. The molecule has 1 aliphatic rings. The Morgan fingerprint density at radius 2 is 2.07 bits per heavy atom. The fraction of sp³-hybridized carbons (Fsp3) is 0.444. The average molecular weight is 210 g/mol. The molecule has 0 amide bonds. The van der Waals surface area contributed by atoms with Crippen LogP contribution in [0.15, 0.2) is 18.5 Å². The molecule has 15 heavy (non-hydrogen) atoms. The number of hydrogen-bond acceptors (Lipinski definition) is 4. The predicted octanol–water partition coefficient (Wildman–Crippen LogP) is -0.448. The van der Waals surface area contributed by atoms with Crippen LogP contribution in [0.2, 0.25) is 0 Å². The first-order chi connectivity index (χ1) is 7.38. The van der Waals surface area contributed by atoms with Crippen LogP contribution in [-0.2, 0) is 9.31 Å². The highest BCUT2D eigenvalue weighted by atomic mass is 19.1. The molecule has 0 bridgehead atoms. The zero-order valence-electron chi connectivity index (χ0n) is 8.28. The van der Waals surface area contributed by atoms with Crippen molar-refractivity contribution in [3.63, 3.8) is 0 Å². The molecule has 0 radical (unpaired) electrons. The van der Waals surface area contributed by atoms with Gasteiger partial charge in [-0.1, -0.05) is 0 Å². The molecule has 0 spiro atoms. The van der Waals surface area contributed by atoms with Crippen LogP contribution in [0.25, 0.3) is 0 Å². The summed E-state index contributed by atoms with van der Waals surface area (Å²) in [4.78, 5) is 3.68. The summed E-state index contributed by atoms with van der Waals surface area (Å²) < 4.78 is 24.2. The highest BCUT2D eigenvalue weighted by Gasteiger charge is 2.25. The van der Waals surface area contributed by atoms with E-state index in [1.165, 1.54) is 12.4 Å². The largest absolute Gasteiger partial charge is 0.497 e. The molecule has 0 saturated carbocycles. The van der Waals surface area contributed by atoms with Crippen LogP contribution in [0, 0.1) is 5.82 Å². The van der Waals surface area contributed by atoms with Crippen LogP contribution in [-0.4, -0.2) is 38.4 Å². The summed E-state index contributed by atoms with van der Waals surface area (Å²) in [5, 5.41) is 3.12. The van der Waals surface area contributed by atoms with E-state index in [2.05, 4.69) is 10.3 Å². The number of halogens is 1. The van der Waals surface area contributed by atoms with Gasteiger partial charge in [0.2, 0.25) is 0 Å². The van der Waals surface area contributed by atoms with E-state index in [4.69, 9.17) is 9.31 Å². The van der Waals surface area contributed by atoms with Crippen molar-refractivity contribution in [2.24, 2.45) is 0 Å². The molecular weight excluding hydrogens is 198 g/mol. The summed E-state index contributed by atoms with van der Waals surface area (Å²) in [5.41, 5.74) is 0.409. The molecule has 1 saturated heterocycles. The van der Waals surface area contributed by atoms with Crippen LogP contribution in [0.3, 0.4) is 0 Å². The predicted molar refractivity (Wildman–Crippen MR) is 54.4 cm³/mol. The number of pyridine rings is 1. The van der Waals surface area contributed by atoms with Crippen molar-refractivity contribution in [1.82, 2.24) is 10.3 Å². The molecule has 1 fully saturated rings. The smallest absolute Gasteiger partial charge is 0.406 e. The van der Waals surface area contributed by atoms with Crippen LogP contribution in [0.4, 0.5) is 4.39 Å². The lowest BCUT2D eigenvalue weighted by atomic mass is 9.79. The average Bonchev–Trinajstić information content (AvgIpc) is 2.19. The van der Waals surface area contributed by atoms with Gasteiger partial charge in [0, 0.05) is 38.0 Å². The molecular formula is C9H12BFN2O2. The molecule has 0 aromatic carbocycles. The molecule has 0 aliphatic carbocycles. The first-order valence-electron chi connectivity index (χ1n) is 4.91. The van der Waals surface area contributed by atoms with Gasteiger partial charge in [0.1, 0.15) is 5.82 Å². The minimum Gasteiger partial charge on any atom is -0.406 e. The first-order valence-corrected chi connectivity index (χ1v) is 4.91. The summed E-state index contributed by atoms with van der Waals surface area (Å²) in [6, 6.07) is 1.58. The van der Waals surface area contributed by atoms with Gasteiger partial charge < -0.3 is 14.6 Å². The van der Waals surface area contributed by atoms with Crippen molar-refractivity contribution < 1.29 is 13.7 Å². The Morgan fingerprint density at radius 1 is 1.33 bits per heavy atom. The van der Waals surface area contributed by atoms with E-state index in [-0.39, 0.29) is 0 Å². The highest BCUT2D eigenvalue weighted by molar-refractivity contribution is 6.61. The van der Waals surface area contributed by atoms with E-state index in [0.29, 0.717) is 18.7 Å². The third-order valence-corrected chi connectivity index (χ3v) is 2.15. The van der Waals surface area contributed by atoms with Crippen molar-refractivity contribution in [1.29, 1.82) is 0 Å². The second-order valence-corrected chi connectivity index (χ2v) is 3.22. The highest BCUT2D eigenvalue weighted by Crippen LogP contribution is 1.98. The van der Waals surface area contributed by atoms with E-state index in [1.807, 2.05) is 0 Å². The molecule has 2 heterocycles. The van der Waals surface area contributed by atoms with E-state index < -0.39 is 12.9 Å². The Kier molecular flexibility index (Phi) is 3.66. The summed E-state index contributed by atoms with van der Waals surface area (Å²) in [7, 11) is -0.616. The monoisotopic (exact) mass is 210 g/mol. The maximum Gasteiger partial charge on any atom is 0.497 e. The van der Waals surface area contributed by atoms with Crippen molar-refractivity contribution in [2.75, 3.05) is 26.3 Å². The minimum absolute atomic E-state index is 0.393.